The Morgan fingerprint density at radius 3 is 2.80 bits per heavy atom. The predicted octanol–water partition coefficient (Wildman–Crippen LogP) is 5.10. The zero-order valence-corrected chi connectivity index (χ0v) is 16.9. The Hall–Kier alpha value is -2.67. The molecule has 0 spiro atoms. The van der Waals surface area contributed by atoms with Gasteiger partial charge in [0.15, 0.2) is 0 Å². The molecule has 0 amide bonds. The molecule has 1 N–H and O–H groups in total. The highest BCUT2D eigenvalue weighted by Gasteiger charge is 2.30. The molecule has 1 aliphatic rings. The van der Waals surface area contributed by atoms with Crippen LogP contribution in [-0.2, 0) is 19.1 Å². The highest BCUT2D eigenvalue weighted by atomic mass is 19.4. The Bertz CT molecular complexity index is 982. The molecule has 4 rings (SSSR count). The third kappa shape index (κ3) is 5.08. The number of hydrogen-bond acceptors (Lipinski definition) is 3. The molecule has 0 bridgehead atoms. The number of aromatic amines is 1. The van der Waals surface area contributed by atoms with Crippen LogP contribution in [0.3, 0.4) is 0 Å². The fourth-order valence-corrected chi connectivity index (χ4v) is 4.21. The summed E-state index contributed by atoms with van der Waals surface area (Å²) in [6, 6.07) is 9.60. The summed E-state index contributed by atoms with van der Waals surface area (Å²) in [5.41, 5.74) is 2.98. The smallest absolute Gasteiger partial charge is 0.348 e. The maximum Gasteiger partial charge on any atom is 0.416 e. The van der Waals surface area contributed by atoms with Gasteiger partial charge >= 0.3 is 6.18 Å². The second kappa shape index (κ2) is 8.60. The average molecular weight is 414 g/mol. The van der Waals surface area contributed by atoms with E-state index in [0.717, 1.165) is 61.3 Å². The first-order valence-electron chi connectivity index (χ1n) is 10.2. The van der Waals surface area contributed by atoms with Crippen LogP contribution in [0.1, 0.15) is 52.7 Å². The third-order valence-corrected chi connectivity index (χ3v) is 5.55. The molecule has 1 aliphatic heterocycles. The minimum Gasteiger partial charge on any atom is -0.348 e. The minimum atomic E-state index is -4.32. The van der Waals surface area contributed by atoms with Crippen molar-refractivity contribution < 1.29 is 13.2 Å². The van der Waals surface area contributed by atoms with E-state index >= 15 is 0 Å². The molecule has 2 aromatic heterocycles. The largest absolute Gasteiger partial charge is 0.416 e. The molecular weight excluding hydrogens is 389 g/mol. The molecule has 1 aromatic carbocycles. The zero-order chi connectivity index (χ0) is 21.1. The first-order valence-corrected chi connectivity index (χ1v) is 10.2. The maximum absolute atomic E-state index is 13.0. The monoisotopic (exact) mass is 414 g/mol. The topological polar surface area (TPSA) is 44.8 Å². The molecule has 0 aliphatic carbocycles. The number of likely N-dealkylation sites (tertiary alicyclic amines) is 1. The van der Waals surface area contributed by atoms with Gasteiger partial charge < -0.3 is 4.98 Å². The number of imidazole rings is 1. The Kier molecular flexibility index (Phi) is 5.90. The van der Waals surface area contributed by atoms with Gasteiger partial charge in [-0.05, 0) is 62.1 Å². The van der Waals surface area contributed by atoms with E-state index in [2.05, 4.69) is 20.9 Å². The van der Waals surface area contributed by atoms with Crippen molar-refractivity contribution in [3.63, 3.8) is 0 Å². The van der Waals surface area contributed by atoms with E-state index in [4.69, 9.17) is 4.98 Å². The molecule has 158 valence electrons. The normalized spacial score (nSPS) is 17.9. The van der Waals surface area contributed by atoms with Crippen LogP contribution in [-0.4, -0.2) is 32.9 Å². The van der Waals surface area contributed by atoms with Crippen LogP contribution in [0.2, 0.25) is 0 Å². The molecule has 1 saturated heterocycles. The Balaban J connectivity index is 1.50. The number of nitrogens with one attached hydrogen (secondary N) is 1. The van der Waals surface area contributed by atoms with Gasteiger partial charge in [-0.2, -0.15) is 13.2 Å². The number of alkyl halides is 3. The molecule has 0 saturated carbocycles. The lowest BCUT2D eigenvalue weighted by atomic mass is 9.92. The SMILES string of the molecule is Cc1cc(Cc2cccc(C(F)(F)F)c2)cc([C@@H]2CCCN(Cc3ncc[nH]3)C2)n1. The van der Waals surface area contributed by atoms with Crippen LogP contribution in [0.5, 0.6) is 0 Å². The van der Waals surface area contributed by atoms with Crippen LogP contribution >= 0.6 is 0 Å². The van der Waals surface area contributed by atoms with E-state index in [0.29, 0.717) is 17.9 Å². The predicted molar refractivity (Wildman–Crippen MR) is 109 cm³/mol. The number of halogens is 3. The summed E-state index contributed by atoms with van der Waals surface area (Å²) in [6.45, 7) is 4.66. The number of hydrogen-bond donors (Lipinski definition) is 1. The van der Waals surface area contributed by atoms with E-state index in [1.165, 1.54) is 12.1 Å². The highest BCUT2D eigenvalue weighted by molar-refractivity contribution is 5.33. The first-order chi connectivity index (χ1) is 14.4. The minimum absolute atomic E-state index is 0.314. The molecule has 4 nitrogen and oxygen atoms in total. The summed E-state index contributed by atoms with van der Waals surface area (Å²) < 4.78 is 39.1. The maximum atomic E-state index is 13.0. The molecule has 1 atom stereocenters. The quantitative estimate of drug-likeness (QED) is 0.632. The van der Waals surface area contributed by atoms with Crippen LogP contribution in [0.25, 0.3) is 0 Å². The lowest BCUT2D eigenvalue weighted by molar-refractivity contribution is -0.137. The molecule has 0 unspecified atom stereocenters. The van der Waals surface area contributed by atoms with Crippen molar-refractivity contribution in [3.8, 4) is 0 Å². The Morgan fingerprint density at radius 2 is 2.03 bits per heavy atom. The highest BCUT2D eigenvalue weighted by Crippen LogP contribution is 2.31. The molecule has 30 heavy (non-hydrogen) atoms. The molecule has 1 fully saturated rings. The summed E-state index contributed by atoms with van der Waals surface area (Å²) >= 11 is 0. The van der Waals surface area contributed by atoms with Crippen molar-refractivity contribution in [1.82, 2.24) is 19.9 Å². The summed E-state index contributed by atoms with van der Waals surface area (Å²) in [5.74, 6) is 1.27. The van der Waals surface area contributed by atoms with E-state index in [-0.39, 0.29) is 0 Å². The number of rotatable bonds is 5. The van der Waals surface area contributed by atoms with Gasteiger partial charge in [0.05, 0.1) is 12.1 Å². The lowest BCUT2D eigenvalue weighted by Gasteiger charge is -2.32. The second-order valence-corrected chi connectivity index (χ2v) is 8.03. The van der Waals surface area contributed by atoms with Gasteiger partial charge in [-0.15, -0.1) is 0 Å². The number of nitrogens with zero attached hydrogens (tertiary/aromatic N) is 3. The number of aromatic nitrogens is 3. The summed E-state index contributed by atoms with van der Waals surface area (Å²) in [7, 11) is 0. The lowest BCUT2D eigenvalue weighted by Crippen LogP contribution is -2.34. The van der Waals surface area contributed by atoms with Crippen molar-refractivity contribution in [2.45, 2.75) is 44.8 Å². The zero-order valence-electron chi connectivity index (χ0n) is 16.9. The van der Waals surface area contributed by atoms with Crippen molar-refractivity contribution in [2.24, 2.45) is 0 Å². The van der Waals surface area contributed by atoms with E-state index in [9.17, 15) is 13.2 Å². The first kappa shape index (κ1) is 20.6. The molecular formula is C23H25F3N4. The summed E-state index contributed by atoms with van der Waals surface area (Å²) in [4.78, 5) is 14.6. The van der Waals surface area contributed by atoms with Gasteiger partial charge in [0.25, 0.3) is 0 Å². The number of aryl methyl sites for hydroxylation is 1. The number of H-pyrrole nitrogens is 1. The fourth-order valence-electron chi connectivity index (χ4n) is 4.21. The standard InChI is InChI=1S/C23H25F3N4/c1-16-10-18(11-17-4-2-6-20(12-17)23(24,25)26)13-21(29-16)19-5-3-9-30(14-19)15-22-27-7-8-28-22/h2,4,6-8,10,12-13,19H,3,5,9,11,14-15H2,1H3,(H,27,28)/t19-/m1/s1. The Morgan fingerprint density at radius 1 is 1.17 bits per heavy atom. The van der Waals surface area contributed by atoms with Crippen LogP contribution in [0.15, 0.2) is 48.8 Å². The molecule has 0 radical (unpaired) electrons. The van der Waals surface area contributed by atoms with Gasteiger partial charge in [0.2, 0.25) is 0 Å². The molecule has 7 heteroatoms. The van der Waals surface area contributed by atoms with E-state index < -0.39 is 11.7 Å². The van der Waals surface area contributed by atoms with Crippen LogP contribution in [0.4, 0.5) is 13.2 Å². The van der Waals surface area contributed by atoms with Crippen molar-refractivity contribution >= 4 is 0 Å². The van der Waals surface area contributed by atoms with Crippen molar-refractivity contribution in [1.29, 1.82) is 0 Å². The van der Waals surface area contributed by atoms with Gasteiger partial charge in [-0.25, -0.2) is 4.98 Å². The van der Waals surface area contributed by atoms with Gasteiger partial charge in [-0.3, -0.25) is 9.88 Å². The van der Waals surface area contributed by atoms with E-state index in [1.54, 1.807) is 12.3 Å². The van der Waals surface area contributed by atoms with Crippen LogP contribution < -0.4 is 0 Å². The molecule has 3 aromatic rings. The van der Waals surface area contributed by atoms with Gasteiger partial charge in [-0.1, -0.05) is 18.2 Å². The van der Waals surface area contributed by atoms with Crippen molar-refractivity contribution in [2.75, 3.05) is 13.1 Å². The molecule has 3 heterocycles. The van der Waals surface area contributed by atoms with Gasteiger partial charge in [0.1, 0.15) is 5.82 Å². The number of benzene rings is 1. The van der Waals surface area contributed by atoms with Crippen molar-refractivity contribution in [3.05, 3.63) is 82.7 Å². The number of pyridine rings is 1. The Labute approximate surface area is 174 Å². The average Bonchev–Trinajstić information content (AvgIpc) is 3.20. The number of piperidine rings is 1. The van der Waals surface area contributed by atoms with E-state index in [1.807, 2.05) is 19.2 Å². The summed E-state index contributed by atoms with van der Waals surface area (Å²) in [6.07, 6.45) is 1.88. The summed E-state index contributed by atoms with van der Waals surface area (Å²) in [5, 5.41) is 0. The van der Waals surface area contributed by atoms with Gasteiger partial charge in [0, 0.05) is 36.2 Å². The second-order valence-electron chi connectivity index (χ2n) is 8.03. The van der Waals surface area contributed by atoms with Crippen LogP contribution in [0, 0.1) is 6.92 Å². The fraction of sp³-hybridized carbons (Fsp3) is 0.391. The third-order valence-electron chi connectivity index (χ3n) is 5.55.